The Morgan fingerprint density at radius 1 is 0.949 bits per heavy atom. The minimum absolute atomic E-state index is 0.336. The van der Waals surface area contributed by atoms with Crippen LogP contribution in [0.25, 0.3) is 0 Å². The van der Waals surface area contributed by atoms with Crippen LogP contribution in [-0.4, -0.2) is 46.3 Å². The molecule has 0 amide bonds. The predicted molar refractivity (Wildman–Crippen MR) is 150 cm³/mol. The number of allylic oxidation sites excluding steroid dienone is 1. The van der Waals surface area contributed by atoms with E-state index >= 15 is 0 Å². The molecular formula is C31H52O8. The van der Waals surface area contributed by atoms with E-state index in [2.05, 4.69) is 6.92 Å². The van der Waals surface area contributed by atoms with E-state index in [9.17, 15) is 24.3 Å². The summed E-state index contributed by atoms with van der Waals surface area (Å²) in [6.45, 7) is 12.7. The molecule has 0 aromatic carbocycles. The summed E-state index contributed by atoms with van der Waals surface area (Å²) in [7, 11) is 0. The zero-order chi connectivity index (χ0) is 29.7. The lowest BCUT2D eigenvalue weighted by Crippen LogP contribution is -2.50. The van der Waals surface area contributed by atoms with Crippen LogP contribution in [0.5, 0.6) is 0 Å². The maximum absolute atomic E-state index is 13.1. The number of aliphatic carboxylic acids is 1. The van der Waals surface area contributed by atoms with Gasteiger partial charge in [0.25, 0.3) is 0 Å². The Bertz CT molecular complexity index is 833. The number of cyclic esters (lactones) is 1. The summed E-state index contributed by atoms with van der Waals surface area (Å²) < 4.78 is 16.8. The molecule has 0 spiro atoms. The summed E-state index contributed by atoms with van der Waals surface area (Å²) in [4.78, 5) is 50.2. The van der Waals surface area contributed by atoms with Gasteiger partial charge in [-0.1, -0.05) is 78.4 Å². The van der Waals surface area contributed by atoms with E-state index in [4.69, 9.17) is 14.2 Å². The lowest BCUT2D eigenvalue weighted by atomic mass is 9.83. The van der Waals surface area contributed by atoms with Gasteiger partial charge in [0, 0.05) is 18.3 Å². The van der Waals surface area contributed by atoms with Crippen molar-refractivity contribution in [3.63, 3.8) is 0 Å². The Kier molecular flexibility index (Phi) is 14.4. The molecule has 39 heavy (non-hydrogen) atoms. The maximum atomic E-state index is 13.1. The van der Waals surface area contributed by atoms with Gasteiger partial charge >= 0.3 is 17.9 Å². The molecule has 8 heteroatoms. The monoisotopic (exact) mass is 552 g/mol. The largest absolute Gasteiger partial charge is 0.481 e. The molecule has 0 bridgehead atoms. The fraction of sp³-hybridized carbons (Fsp3) is 0.806. The topological polar surface area (TPSA) is 116 Å². The average Bonchev–Trinajstić information content (AvgIpc) is 3.13. The highest BCUT2D eigenvalue weighted by Gasteiger charge is 2.61. The number of carboxylic acid groups (broad SMARTS) is 1. The van der Waals surface area contributed by atoms with E-state index in [1.807, 2.05) is 0 Å². The Hall–Kier alpha value is -2.22. The highest BCUT2D eigenvalue weighted by molar-refractivity contribution is 5.93. The summed E-state index contributed by atoms with van der Waals surface area (Å²) >= 11 is 0. The number of rotatable bonds is 18. The molecule has 8 nitrogen and oxygen atoms in total. The number of carbonyl (C=O) groups excluding carboxylic acids is 3. The third-order valence-corrected chi connectivity index (χ3v) is 6.64. The second kappa shape index (κ2) is 16.1. The van der Waals surface area contributed by atoms with Gasteiger partial charge in [-0.2, -0.15) is 0 Å². The van der Waals surface area contributed by atoms with Crippen LogP contribution in [-0.2, 0) is 33.4 Å². The van der Waals surface area contributed by atoms with Gasteiger partial charge in [0.2, 0.25) is 6.29 Å². The Morgan fingerprint density at radius 3 is 2.00 bits per heavy atom. The number of unbranched alkanes of at least 4 members (excludes halogenated alkanes) is 8. The molecule has 1 heterocycles. The first-order valence-corrected chi connectivity index (χ1v) is 14.6. The molecule has 1 aliphatic rings. The third-order valence-electron chi connectivity index (χ3n) is 6.64. The second-order valence-corrected chi connectivity index (χ2v) is 12.8. The van der Waals surface area contributed by atoms with Gasteiger partial charge in [0.05, 0.1) is 6.42 Å². The number of carboxylic acids is 1. The number of ketones is 1. The first kappa shape index (κ1) is 34.8. The van der Waals surface area contributed by atoms with E-state index in [1.54, 1.807) is 47.6 Å². The molecule has 0 aromatic heterocycles. The number of hydrogen-bond donors (Lipinski definition) is 1. The van der Waals surface area contributed by atoms with Crippen molar-refractivity contribution in [1.82, 2.24) is 0 Å². The van der Waals surface area contributed by atoms with Crippen LogP contribution in [0, 0.1) is 11.3 Å². The van der Waals surface area contributed by atoms with Gasteiger partial charge in [-0.3, -0.25) is 14.4 Å². The van der Waals surface area contributed by atoms with E-state index in [0.29, 0.717) is 25.0 Å². The first-order chi connectivity index (χ1) is 18.1. The highest BCUT2D eigenvalue weighted by atomic mass is 16.8. The standard InChI is InChI=1S/C31H52O8/c1-8-9-10-13-16-19-23(32)20-17-14-11-12-15-18-21-24(26(34)35)31(22-25(33)38-30(5,6)7)27(36)37-28(39-31)29(2,3)4/h18,21,24,28H,8-17,19-20,22H2,1-7H3,(H,34,35)/b21-18+/t24-,28-,31+/m1/s1. The van der Waals surface area contributed by atoms with Crippen molar-refractivity contribution in [2.75, 3.05) is 0 Å². The summed E-state index contributed by atoms with van der Waals surface area (Å²) in [6.07, 6.45) is 12.8. The minimum atomic E-state index is -2.01. The van der Waals surface area contributed by atoms with Crippen molar-refractivity contribution in [2.24, 2.45) is 11.3 Å². The zero-order valence-corrected chi connectivity index (χ0v) is 25.3. The molecule has 1 N–H and O–H groups in total. The number of ether oxygens (including phenoxy) is 3. The van der Waals surface area contributed by atoms with Crippen LogP contribution in [0.15, 0.2) is 12.2 Å². The van der Waals surface area contributed by atoms with Gasteiger partial charge in [0.1, 0.15) is 17.3 Å². The van der Waals surface area contributed by atoms with Crippen LogP contribution < -0.4 is 0 Å². The molecule has 0 saturated carbocycles. The maximum Gasteiger partial charge on any atom is 0.342 e. The van der Waals surface area contributed by atoms with Gasteiger partial charge in [0.15, 0.2) is 5.60 Å². The molecule has 1 saturated heterocycles. The van der Waals surface area contributed by atoms with Gasteiger partial charge in [-0.25, -0.2) is 4.79 Å². The smallest absolute Gasteiger partial charge is 0.342 e. The van der Waals surface area contributed by atoms with Crippen molar-refractivity contribution in [3.8, 4) is 0 Å². The Morgan fingerprint density at radius 2 is 1.51 bits per heavy atom. The lowest BCUT2D eigenvalue weighted by molar-refractivity contribution is -0.181. The fourth-order valence-electron chi connectivity index (χ4n) is 4.49. The second-order valence-electron chi connectivity index (χ2n) is 12.8. The molecule has 0 aliphatic carbocycles. The summed E-state index contributed by atoms with van der Waals surface area (Å²) in [6, 6.07) is 0. The molecule has 224 valence electrons. The van der Waals surface area contributed by atoms with Crippen molar-refractivity contribution < 1.29 is 38.5 Å². The van der Waals surface area contributed by atoms with Crippen LogP contribution in [0.2, 0.25) is 0 Å². The van der Waals surface area contributed by atoms with Gasteiger partial charge < -0.3 is 19.3 Å². The van der Waals surface area contributed by atoms with E-state index in [-0.39, 0.29) is 0 Å². The number of Topliss-reactive ketones (excluding diaryl/α,β-unsaturated/α-hetero) is 1. The molecule has 0 aromatic rings. The Labute approximate surface area is 235 Å². The van der Waals surface area contributed by atoms with Crippen LogP contribution in [0.1, 0.15) is 132 Å². The zero-order valence-electron chi connectivity index (χ0n) is 25.3. The van der Waals surface area contributed by atoms with Crippen molar-refractivity contribution in [3.05, 3.63) is 12.2 Å². The molecular weight excluding hydrogens is 500 g/mol. The number of hydrogen-bond acceptors (Lipinski definition) is 7. The summed E-state index contributed by atoms with van der Waals surface area (Å²) in [5.74, 6) is -3.97. The normalized spacial score (nSPS) is 20.7. The summed E-state index contributed by atoms with van der Waals surface area (Å²) in [5.41, 5.74) is -3.44. The van der Waals surface area contributed by atoms with Gasteiger partial charge in [-0.05, 0) is 46.5 Å². The molecule has 1 rings (SSSR count). The predicted octanol–water partition coefficient (Wildman–Crippen LogP) is 6.93. The minimum Gasteiger partial charge on any atom is -0.481 e. The fourth-order valence-corrected chi connectivity index (χ4v) is 4.49. The van der Waals surface area contributed by atoms with Crippen molar-refractivity contribution in [2.45, 2.75) is 149 Å². The van der Waals surface area contributed by atoms with E-state index in [1.165, 1.54) is 25.3 Å². The van der Waals surface area contributed by atoms with Gasteiger partial charge in [-0.15, -0.1) is 0 Å². The first-order valence-electron chi connectivity index (χ1n) is 14.6. The van der Waals surface area contributed by atoms with Crippen LogP contribution in [0.4, 0.5) is 0 Å². The SMILES string of the molecule is CCCCCCCC(=O)CCCCCC/C=C/[C@H](C(=O)O)[C@]1(CC(=O)OC(C)(C)C)O[C@H](C(C)(C)C)OC1=O. The van der Waals surface area contributed by atoms with Crippen molar-refractivity contribution in [1.29, 1.82) is 0 Å². The molecule has 0 unspecified atom stereocenters. The van der Waals surface area contributed by atoms with E-state index < -0.39 is 53.2 Å². The van der Waals surface area contributed by atoms with E-state index in [0.717, 1.165) is 38.5 Å². The quantitative estimate of drug-likeness (QED) is 0.111. The molecule has 1 aliphatic heterocycles. The molecule has 3 atom stereocenters. The molecule has 1 fully saturated rings. The van der Waals surface area contributed by atoms with Crippen LogP contribution >= 0.6 is 0 Å². The highest BCUT2D eigenvalue weighted by Crippen LogP contribution is 2.42. The average molecular weight is 553 g/mol. The lowest BCUT2D eigenvalue weighted by Gasteiger charge is -2.31. The van der Waals surface area contributed by atoms with Crippen LogP contribution in [0.3, 0.4) is 0 Å². The number of carbonyl (C=O) groups is 4. The number of esters is 2. The third kappa shape index (κ3) is 12.7. The van der Waals surface area contributed by atoms with Crippen molar-refractivity contribution >= 4 is 23.7 Å². The Balaban J connectivity index is 2.71. The molecule has 0 radical (unpaired) electrons. The summed E-state index contributed by atoms with van der Waals surface area (Å²) in [5, 5.41) is 10.1.